The quantitative estimate of drug-likeness (QED) is 0.710. The van der Waals surface area contributed by atoms with E-state index in [4.69, 9.17) is 0 Å². The maximum Gasteiger partial charge on any atom is 0.148 e. The Morgan fingerprint density at radius 1 is 1.21 bits per heavy atom. The second-order valence-corrected chi connectivity index (χ2v) is 7.33. The second kappa shape index (κ2) is 7.13. The van der Waals surface area contributed by atoms with Crippen molar-refractivity contribution in [1.29, 1.82) is 0 Å². The highest BCUT2D eigenvalue weighted by Crippen LogP contribution is 2.38. The van der Waals surface area contributed by atoms with Crippen molar-refractivity contribution < 1.29 is 0 Å². The molecule has 0 radical (unpaired) electrons. The van der Waals surface area contributed by atoms with E-state index in [1.54, 1.807) is 0 Å². The molecule has 5 nitrogen and oxygen atoms in total. The molecular formula is C18H21N5S. The summed E-state index contributed by atoms with van der Waals surface area (Å²) in [7, 11) is 0. The van der Waals surface area contributed by atoms with Crippen molar-refractivity contribution in [3.63, 3.8) is 0 Å². The van der Waals surface area contributed by atoms with Gasteiger partial charge in [-0.3, -0.25) is 9.67 Å². The predicted molar refractivity (Wildman–Crippen MR) is 96.2 cm³/mol. The highest BCUT2D eigenvalue weighted by atomic mass is 32.1. The molecule has 3 heterocycles. The van der Waals surface area contributed by atoms with Crippen LogP contribution in [0.5, 0.6) is 0 Å². The summed E-state index contributed by atoms with van der Waals surface area (Å²) in [5, 5.41) is 9.27. The third kappa shape index (κ3) is 3.64. The van der Waals surface area contributed by atoms with Crippen LogP contribution in [-0.4, -0.2) is 19.7 Å². The van der Waals surface area contributed by atoms with Gasteiger partial charge in [0.2, 0.25) is 0 Å². The Kier molecular flexibility index (Phi) is 4.55. The molecule has 0 amide bonds. The van der Waals surface area contributed by atoms with Crippen molar-refractivity contribution in [3.8, 4) is 0 Å². The van der Waals surface area contributed by atoms with Crippen LogP contribution in [0.2, 0.25) is 0 Å². The lowest BCUT2D eigenvalue weighted by Gasteiger charge is -2.22. The van der Waals surface area contributed by atoms with Crippen LogP contribution in [0.15, 0.2) is 42.9 Å². The normalized spacial score (nSPS) is 14.5. The first kappa shape index (κ1) is 15.3. The van der Waals surface area contributed by atoms with Crippen LogP contribution in [0.1, 0.15) is 40.8 Å². The van der Waals surface area contributed by atoms with Crippen molar-refractivity contribution in [1.82, 2.24) is 19.7 Å². The van der Waals surface area contributed by atoms with Gasteiger partial charge in [0, 0.05) is 54.1 Å². The van der Waals surface area contributed by atoms with E-state index < -0.39 is 0 Å². The van der Waals surface area contributed by atoms with Crippen LogP contribution in [0.25, 0.3) is 0 Å². The molecule has 124 valence electrons. The molecule has 0 aromatic carbocycles. The van der Waals surface area contributed by atoms with Gasteiger partial charge in [0.1, 0.15) is 5.82 Å². The lowest BCUT2D eigenvalue weighted by molar-refractivity contribution is 0.418. The van der Waals surface area contributed by atoms with E-state index in [2.05, 4.69) is 20.4 Å². The third-order valence-electron chi connectivity index (χ3n) is 4.43. The van der Waals surface area contributed by atoms with E-state index >= 15 is 0 Å². The van der Waals surface area contributed by atoms with E-state index in [-0.39, 0.29) is 0 Å². The zero-order chi connectivity index (χ0) is 16.2. The first-order valence-corrected chi connectivity index (χ1v) is 9.30. The molecule has 1 saturated carbocycles. The van der Waals surface area contributed by atoms with Crippen molar-refractivity contribution >= 4 is 17.2 Å². The molecule has 0 atom stereocenters. The van der Waals surface area contributed by atoms with Gasteiger partial charge in [0.05, 0.1) is 11.6 Å². The fraction of sp³-hybridized carbons (Fsp3) is 0.389. The maximum atomic E-state index is 4.57. The van der Waals surface area contributed by atoms with Crippen molar-refractivity contribution in [3.05, 3.63) is 58.4 Å². The maximum absolute atomic E-state index is 4.57. The van der Waals surface area contributed by atoms with Crippen LogP contribution >= 0.6 is 11.3 Å². The summed E-state index contributed by atoms with van der Waals surface area (Å²) in [6.07, 6.45) is 10.7. The Labute approximate surface area is 145 Å². The van der Waals surface area contributed by atoms with Crippen LogP contribution in [0, 0.1) is 0 Å². The Balaban J connectivity index is 1.28. The fourth-order valence-electron chi connectivity index (χ4n) is 2.78. The van der Waals surface area contributed by atoms with Gasteiger partial charge in [-0.2, -0.15) is 5.10 Å². The number of thiazole rings is 1. The summed E-state index contributed by atoms with van der Waals surface area (Å²) in [6.45, 7) is 1.63. The van der Waals surface area contributed by atoms with Crippen LogP contribution < -0.4 is 5.32 Å². The zero-order valence-corrected chi connectivity index (χ0v) is 14.4. The van der Waals surface area contributed by atoms with E-state index in [9.17, 15) is 0 Å². The van der Waals surface area contributed by atoms with Gasteiger partial charge in [0.15, 0.2) is 0 Å². The molecular weight excluding hydrogens is 318 g/mol. The lowest BCUT2D eigenvalue weighted by atomic mass is 9.86. The van der Waals surface area contributed by atoms with Crippen molar-refractivity contribution in [2.75, 3.05) is 5.32 Å². The first-order chi connectivity index (χ1) is 11.9. The highest BCUT2D eigenvalue weighted by Gasteiger charge is 2.22. The molecule has 1 fully saturated rings. The molecule has 0 saturated heterocycles. The summed E-state index contributed by atoms with van der Waals surface area (Å²) in [6, 6.07) is 8.03. The Morgan fingerprint density at radius 3 is 2.96 bits per heavy atom. The topological polar surface area (TPSA) is 55.6 Å². The average molecular weight is 339 g/mol. The number of pyridine rings is 1. The molecule has 1 aliphatic carbocycles. The minimum absolute atomic E-state index is 0.717. The molecule has 0 aliphatic heterocycles. The molecule has 24 heavy (non-hydrogen) atoms. The molecule has 6 heteroatoms. The van der Waals surface area contributed by atoms with Crippen LogP contribution in [0.4, 0.5) is 5.82 Å². The summed E-state index contributed by atoms with van der Waals surface area (Å²) >= 11 is 1.83. The van der Waals surface area contributed by atoms with Crippen LogP contribution in [-0.2, 0) is 19.5 Å². The summed E-state index contributed by atoms with van der Waals surface area (Å²) in [5.74, 6) is 1.63. The number of nitrogens with zero attached hydrogens (tertiary/aromatic N) is 4. The monoisotopic (exact) mass is 339 g/mol. The zero-order valence-electron chi connectivity index (χ0n) is 13.6. The Bertz CT molecular complexity index is 776. The lowest BCUT2D eigenvalue weighted by Crippen LogP contribution is -2.07. The minimum Gasteiger partial charge on any atom is -0.364 e. The molecule has 1 aliphatic rings. The van der Waals surface area contributed by atoms with Crippen molar-refractivity contribution in [2.24, 2.45) is 0 Å². The summed E-state index contributed by atoms with van der Waals surface area (Å²) in [5.41, 5.74) is 1.09. The van der Waals surface area contributed by atoms with Gasteiger partial charge in [-0.1, -0.05) is 12.5 Å². The molecule has 3 aromatic rings. The predicted octanol–water partition coefficient (Wildman–Crippen LogP) is 3.86. The smallest absolute Gasteiger partial charge is 0.148 e. The second-order valence-electron chi connectivity index (χ2n) is 6.18. The number of anilines is 1. The largest absolute Gasteiger partial charge is 0.364 e. The molecule has 0 spiro atoms. The van der Waals surface area contributed by atoms with Gasteiger partial charge >= 0.3 is 0 Å². The summed E-state index contributed by atoms with van der Waals surface area (Å²) in [4.78, 5) is 10.2. The average Bonchev–Trinajstić information content (AvgIpc) is 3.20. The minimum atomic E-state index is 0.717. The van der Waals surface area contributed by atoms with Gasteiger partial charge in [-0.15, -0.1) is 11.3 Å². The molecule has 3 aromatic heterocycles. The fourth-order valence-corrected chi connectivity index (χ4v) is 3.81. The number of hydrogen-bond donors (Lipinski definition) is 1. The third-order valence-corrected chi connectivity index (χ3v) is 5.59. The molecule has 0 unspecified atom stereocenters. The molecule has 4 rings (SSSR count). The Morgan fingerprint density at radius 2 is 2.17 bits per heavy atom. The number of rotatable bonds is 7. The summed E-state index contributed by atoms with van der Waals surface area (Å²) < 4.78 is 1.96. The molecule has 0 bridgehead atoms. The molecule has 1 N–H and O–H groups in total. The van der Waals surface area contributed by atoms with Gasteiger partial charge in [-0.05, 0) is 25.0 Å². The number of hydrogen-bond acceptors (Lipinski definition) is 5. The highest BCUT2D eigenvalue weighted by molar-refractivity contribution is 7.11. The van der Waals surface area contributed by atoms with Gasteiger partial charge in [-0.25, -0.2) is 4.98 Å². The SMILES string of the molecule is c1ccc(CCn2ccc(NCc3cnc(C4CCC4)s3)n2)nc1. The van der Waals surface area contributed by atoms with E-state index in [1.807, 2.05) is 58.9 Å². The first-order valence-electron chi connectivity index (χ1n) is 8.49. The number of nitrogens with one attached hydrogen (secondary N) is 1. The van der Waals surface area contributed by atoms with Gasteiger partial charge in [0.25, 0.3) is 0 Å². The standard InChI is InChI=1S/C18H21N5S/c1-2-9-19-15(6-1)7-10-23-11-8-17(22-23)20-12-16-13-21-18(24-16)14-4-3-5-14/h1-2,6,8-9,11,13-14H,3-5,7,10,12H2,(H,20,22). The van der Waals surface area contributed by atoms with E-state index in [1.165, 1.54) is 29.1 Å². The van der Waals surface area contributed by atoms with Crippen molar-refractivity contribution in [2.45, 2.75) is 44.7 Å². The van der Waals surface area contributed by atoms with E-state index in [0.29, 0.717) is 0 Å². The van der Waals surface area contributed by atoms with Crippen LogP contribution in [0.3, 0.4) is 0 Å². The number of aryl methyl sites for hydroxylation is 2. The Hall–Kier alpha value is -2.21. The number of aromatic nitrogens is 4. The van der Waals surface area contributed by atoms with Gasteiger partial charge < -0.3 is 5.32 Å². The van der Waals surface area contributed by atoms with E-state index in [0.717, 1.165) is 36.9 Å².